The Morgan fingerprint density at radius 2 is 1.95 bits per heavy atom. The predicted octanol–water partition coefficient (Wildman–Crippen LogP) is 4.90. The molecule has 1 heterocycles. The highest BCUT2D eigenvalue weighted by molar-refractivity contribution is 9.10. The fourth-order valence-corrected chi connectivity index (χ4v) is 3.12. The van der Waals surface area contributed by atoms with Crippen LogP contribution in [0.15, 0.2) is 47.1 Å². The van der Waals surface area contributed by atoms with Crippen LogP contribution in [0.2, 0.25) is 5.02 Å². The van der Waals surface area contributed by atoms with Gasteiger partial charge in [0.1, 0.15) is 5.82 Å². The van der Waals surface area contributed by atoms with Crippen molar-refractivity contribution >= 4 is 49.3 Å². The molecule has 1 aromatic heterocycles. The Kier molecular flexibility index (Phi) is 5.67. The fourth-order valence-electron chi connectivity index (χ4n) is 1.81. The predicted molar refractivity (Wildman–Crippen MR) is 88.2 cm³/mol. The maximum Gasteiger partial charge on any atom is 0.143 e. The second-order valence-corrected chi connectivity index (χ2v) is 6.14. The standard InChI is InChI=1S/C14H13Br2ClN2/c15-6-7-19(10-11-4-2-1-3-5-11)14-13(16)8-12(17)9-18-14/h1-5,8-9H,6-7,10H2. The maximum atomic E-state index is 5.94. The molecule has 0 aliphatic carbocycles. The van der Waals surface area contributed by atoms with E-state index in [1.807, 2.05) is 24.3 Å². The minimum atomic E-state index is 0.633. The van der Waals surface area contributed by atoms with Gasteiger partial charge in [-0.1, -0.05) is 57.9 Å². The Hall–Kier alpha value is -0.580. The number of benzene rings is 1. The highest BCUT2D eigenvalue weighted by Crippen LogP contribution is 2.27. The van der Waals surface area contributed by atoms with Crippen LogP contribution in [0, 0.1) is 0 Å². The molecule has 2 nitrogen and oxygen atoms in total. The van der Waals surface area contributed by atoms with Crippen molar-refractivity contribution in [3.05, 3.63) is 57.7 Å². The maximum absolute atomic E-state index is 5.94. The molecule has 0 spiro atoms. The van der Waals surface area contributed by atoms with Crippen molar-refractivity contribution < 1.29 is 0 Å². The fraction of sp³-hybridized carbons (Fsp3) is 0.214. The molecule has 19 heavy (non-hydrogen) atoms. The summed E-state index contributed by atoms with van der Waals surface area (Å²) in [5, 5.41) is 1.52. The molecule has 0 bridgehead atoms. The summed E-state index contributed by atoms with van der Waals surface area (Å²) >= 11 is 13.0. The summed E-state index contributed by atoms with van der Waals surface area (Å²) in [6, 6.07) is 12.2. The lowest BCUT2D eigenvalue weighted by atomic mass is 10.2. The van der Waals surface area contributed by atoms with Crippen molar-refractivity contribution in [3.8, 4) is 0 Å². The number of aromatic nitrogens is 1. The lowest BCUT2D eigenvalue weighted by Crippen LogP contribution is -2.26. The summed E-state index contributed by atoms with van der Waals surface area (Å²) in [4.78, 5) is 6.63. The van der Waals surface area contributed by atoms with Gasteiger partial charge < -0.3 is 4.90 Å². The zero-order valence-corrected chi connectivity index (χ0v) is 14.1. The van der Waals surface area contributed by atoms with E-state index in [1.54, 1.807) is 6.20 Å². The van der Waals surface area contributed by atoms with Gasteiger partial charge in [-0.25, -0.2) is 4.98 Å². The highest BCUT2D eigenvalue weighted by Gasteiger charge is 2.12. The molecule has 100 valence electrons. The molecule has 0 saturated carbocycles. The number of pyridine rings is 1. The average molecular weight is 405 g/mol. The second kappa shape index (κ2) is 7.27. The van der Waals surface area contributed by atoms with Gasteiger partial charge in [-0.15, -0.1) is 0 Å². The molecule has 1 aromatic carbocycles. The summed E-state index contributed by atoms with van der Waals surface area (Å²) in [5.41, 5.74) is 1.26. The number of nitrogens with zero attached hydrogens (tertiary/aromatic N) is 2. The first-order valence-corrected chi connectivity index (χ1v) is 8.16. The SMILES string of the molecule is Clc1cnc(N(CCBr)Cc2ccccc2)c(Br)c1. The Morgan fingerprint density at radius 3 is 2.58 bits per heavy atom. The molecule has 0 radical (unpaired) electrons. The number of rotatable bonds is 5. The van der Waals surface area contributed by atoms with Gasteiger partial charge in [-0.2, -0.15) is 0 Å². The van der Waals surface area contributed by atoms with Crippen LogP contribution in [-0.4, -0.2) is 16.9 Å². The van der Waals surface area contributed by atoms with E-state index in [0.717, 1.165) is 28.7 Å². The molecule has 0 fully saturated rings. The largest absolute Gasteiger partial charge is 0.351 e. The van der Waals surface area contributed by atoms with Crippen molar-refractivity contribution in [3.63, 3.8) is 0 Å². The molecule has 0 unspecified atom stereocenters. The number of anilines is 1. The Morgan fingerprint density at radius 1 is 1.21 bits per heavy atom. The van der Waals surface area contributed by atoms with Gasteiger partial charge in [0, 0.05) is 24.6 Å². The summed E-state index contributed by atoms with van der Waals surface area (Å²) in [5.74, 6) is 0.910. The van der Waals surface area contributed by atoms with Crippen molar-refractivity contribution in [2.75, 3.05) is 16.8 Å². The van der Waals surface area contributed by atoms with E-state index < -0.39 is 0 Å². The molecular weight excluding hydrogens is 391 g/mol. The second-order valence-electron chi connectivity index (χ2n) is 4.06. The lowest BCUT2D eigenvalue weighted by Gasteiger charge is -2.24. The van der Waals surface area contributed by atoms with Gasteiger partial charge in [-0.3, -0.25) is 0 Å². The summed E-state index contributed by atoms with van der Waals surface area (Å²) in [6.07, 6.45) is 1.67. The van der Waals surface area contributed by atoms with Crippen LogP contribution in [-0.2, 0) is 6.54 Å². The zero-order valence-electron chi connectivity index (χ0n) is 10.2. The monoisotopic (exact) mass is 402 g/mol. The summed E-state index contributed by atoms with van der Waals surface area (Å²) in [7, 11) is 0. The normalized spacial score (nSPS) is 10.5. The van der Waals surface area contributed by atoms with Gasteiger partial charge in [-0.05, 0) is 27.6 Å². The third kappa shape index (κ3) is 4.20. The van der Waals surface area contributed by atoms with E-state index in [9.17, 15) is 0 Å². The quantitative estimate of drug-likeness (QED) is 0.659. The van der Waals surface area contributed by atoms with Crippen molar-refractivity contribution in [1.82, 2.24) is 4.98 Å². The van der Waals surface area contributed by atoms with Crippen LogP contribution in [0.25, 0.3) is 0 Å². The first-order valence-electron chi connectivity index (χ1n) is 5.86. The van der Waals surface area contributed by atoms with E-state index in [-0.39, 0.29) is 0 Å². The molecule has 0 N–H and O–H groups in total. The number of halogens is 3. The Balaban J connectivity index is 2.24. The first kappa shape index (κ1) is 14.8. The van der Waals surface area contributed by atoms with Crippen LogP contribution in [0.4, 0.5) is 5.82 Å². The average Bonchev–Trinajstić information content (AvgIpc) is 2.39. The lowest BCUT2D eigenvalue weighted by molar-refractivity contribution is 0.818. The molecule has 0 aliphatic rings. The highest BCUT2D eigenvalue weighted by atomic mass is 79.9. The van der Waals surface area contributed by atoms with Crippen LogP contribution < -0.4 is 4.90 Å². The van der Waals surface area contributed by atoms with Crippen LogP contribution >= 0.6 is 43.5 Å². The molecule has 0 aliphatic heterocycles. The number of hydrogen-bond donors (Lipinski definition) is 0. The van der Waals surface area contributed by atoms with Crippen LogP contribution in [0.1, 0.15) is 5.56 Å². The molecule has 0 atom stereocenters. The van der Waals surface area contributed by atoms with Crippen LogP contribution in [0.5, 0.6) is 0 Å². The summed E-state index contributed by atoms with van der Waals surface area (Å²) < 4.78 is 0.914. The number of alkyl halides is 1. The van der Waals surface area contributed by atoms with Crippen molar-refractivity contribution in [2.24, 2.45) is 0 Å². The van der Waals surface area contributed by atoms with Gasteiger partial charge in [0.25, 0.3) is 0 Å². The van der Waals surface area contributed by atoms with E-state index in [1.165, 1.54) is 5.56 Å². The molecule has 0 amide bonds. The molecule has 2 aromatic rings. The van der Waals surface area contributed by atoms with Gasteiger partial charge >= 0.3 is 0 Å². The van der Waals surface area contributed by atoms with Gasteiger partial charge in [0.2, 0.25) is 0 Å². The molecule has 2 rings (SSSR count). The van der Waals surface area contributed by atoms with E-state index in [0.29, 0.717) is 5.02 Å². The Bertz CT molecular complexity index is 534. The van der Waals surface area contributed by atoms with E-state index in [4.69, 9.17) is 11.6 Å². The van der Waals surface area contributed by atoms with Crippen molar-refractivity contribution in [2.45, 2.75) is 6.54 Å². The topological polar surface area (TPSA) is 16.1 Å². The van der Waals surface area contributed by atoms with Crippen LogP contribution in [0.3, 0.4) is 0 Å². The minimum absolute atomic E-state index is 0.633. The van der Waals surface area contributed by atoms with E-state index in [2.05, 4.69) is 53.9 Å². The molecule has 5 heteroatoms. The van der Waals surface area contributed by atoms with Gasteiger partial charge in [0.05, 0.1) is 9.50 Å². The third-order valence-corrected chi connectivity index (χ3v) is 3.80. The smallest absolute Gasteiger partial charge is 0.143 e. The first-order chi connectivity index (χ1) is 9.20. The van der Waals surface area contributed by atoms with E-state index >= 15 is 0 Å². The minimum Gasteiger partial charge on any atom is -0.351 e. The molecule has 0 saturated heterocycles. The molecular formula is C14H13Br2ClN2. The zero-order chi connectivity index (χ0) is 13.7. The third-order valence-electron chi connectivity index (χ3n) is 2.66. The summed E-state index contributed by atoms with van der Waals surface area (Å²) in [6.45, 7) is 1.70. The Labute approximate surface area is 135 Å². The van der Waals surface area contributed by atoms with Gasteiger partial charge in [0.15, 0.2) is 0 Å². The number of hydrogen-bond acceptors (Lipinski definition) is 2. The van der Waals surface area contributed by atoms with Crippen molar-refractivity contribution in [1.29, 1.82) is 0 Å².